The van der Waals surface area contributed by atoms with E-state index in [4.69, 9.17) is 9.15 Å². The van der Waals surface area contributed by atoms with E-state index in [1.807, 2.05) is 12.1 Å². The van der Waals surface area contributed by atoms with Crippen molar-refractivity contribution in [3.8, 4) is 17.1 Å². The van der Waals surface area contributed by atoms with E-state index in [0.29, 0.717) is 23.8 Å². The second-order valence-corrected chi connectivity index (χ2v) is 6.08. The molecule has 1 fully saturated rings. The molecule has 1 aromatic carbocycles. The minimum Gasteiger partial charge on any atom is -0.487 e. The van der Waals surface area contributed by atoms with Gasteiger partial charge in [-0.15, -0.1) is 0 Å². The Labute approximate surface area is 145 Å². The third kappa shape index (κ3) is 3.85. The van der Waals surface area contributed by atoms with Gasteiger partial charge in [-0.2, -0.15) is 0 Å². The van der Waals surface area contributed by atoms with Crippen molar-refractivity contribution < 1.29 is 13.5 Å². The molecule has 0 spiro atoms. The summed E-state index contributed by atoms with van der Waals surface area (Å²) in [5.41, 5.74) is 0.693. The Balaban J connectivity index is 1.36. The lowest BCUT2D eigenvalue weighted by atomic mass is 10.2. The number of hydrogen-bond donors (Lipinski definition) is 0. The molecule has 0 saturated carbocycles. The SMILES string of the molecule is Fc1cccc(-c2cnc(CN3CCC(Oc4cccnc4)C3)o2)c1. The van der Waals surface area contributed by atoms with Gasteiger partial charge >= 0.3 is 0 Å². The number of ether oxygens (including phenoxy) is 1. The van der Waals surface area contributed by atoms with Gasteiger partial charge in [0.2, 0.25) is 5.89 Å². The third-order valence-corrected chi connectivity index (χ3v) is 4.19. The number of benzene rings is 1. The molecule has 3 aromatic rings. The first-order chi connectivity index (χ1) is 12.3. The van der Waals surface area contributed by atoms with E-state index in [1.54, 1.807) is 30.7 Å². The number of pyridine rings is 1. The minimum absolute atomic E-state index is 0.141. The van der Waals surface area contributed by atoms with Crippen LogP contribution in [0.4, 0.5) is 4.39 Å². The molecule has 3 heterocycles. The van der Waals surface area contributed by atoms with Gasteiger partial charge in [-0.05, 0) is 30.7 Å². The van der Waals surface area contributed by atoms with E-state index in [2.05, 4.69) is 14.9 Å². The molecule has 1 unspecified atom stereocenters. The number of hydrogen-bond acceptors (Lipinski definition) is 5. The number of halogens is 1. The molecule has 2 aromatic heterocycles. The maximum Gasteiger partial charge on any atom is 0.209 e. The normalized spacial score (nSPS) is 17.7. The van der Waals surface area contributed by atoms with Crippen LogP contribution >= 0.6 is 0 Å². The maximum absolute atomic E-state index is 13.3. The molecule has 0 bridgehead atoms. The van der Waals surface area contributed by atoms with Crippen LogP contribution in [0, 0.1) is 5.82 Å². The predicted octanol–water partition coefficient (Wildman–Crippen LogP) is 3.53. The molecule has 0 radical (unpaired) electrons. The molecular weight excluding hydrogens is 321 g/mol. The van der Waals surface area contributed by atoms with Crippen LogP contribution in [0.3, 0.4) is 0 Å². The van der Waals surface area contributed by atoms with Crippen LogP contribution in [0.15, 0.2) is 59.4 Å². The zero-order valence-corrected chi connectivity index (χ0v) is 13.6. The van der Waals surface area contributed by atoms with Gasteiger partial charge in [0.1, 0.15) is 17.7 Å². The minimum atomic E-state index is -0.287. The number of oxazole rings is 1. The van der Waals surface area contributed by atoms with E-state index in [0.717, 1.165) is 25.3 Å². The van der Waals surface area contributed by atoms with Crippen molar-refractivity contribution in [2.75, 3.05) is 13.1 Å². The number of aromatic nitrogens is 2. The topological polar surface area (TPSA) is 51.4 Å². The fourth-order valence-corrected chi connectivity index (χ4v) is 3.00. The molecule has 1 saturated heterocycles. The van der Waals surface area contributed by atoms with Crippen LogP contribution in [0.5, 0.6) is 5.75 Å². The second kappa shape index (κ2) is 7.03. The lowest BCUT2D eigenvalue weighted by Crippen LogP contribution is -2.24. The highest BCUT2D eigenvalue weighted by atomic mass is 19.1. The molecular formula is C19H18FN3O2. The number of rotatable bonds is 5. The summed E-state index contributed by atoms with van der Waals surface area (Å²) in [6.07, 6.45) is 6.19. The number of likely N-dealkylation sites (tertiary alicyclic amines) is 1. The van der Waals surface area contributed by atoms with Crippen molar-refractivity contribution in [3.05, 3.63) is 66.7 Å². The zero-order chi connectivity index (χ0) is 17.1. The molecule has 0 aliphatic carbocycles. The standard InChI is InChI=1S/C19H18FN3O2/c20-15-4-1-3-14(9-15)18-11-22-19(25-18)13-23-8-6-17(12-23)24-16-5-2-7-21-10-16/h1-5,7,9-11,17H,6,8,12-13H2. The van der Waals surface area contributed by atoms with Gasteiger partial charge in [-0.3, -0.25) is 9.88 Å². The van der Waals surface area contributed by atoms with Gasteiger partial charge in [0.25, 0.3) is 0 Å². The van der Waals surface area contributed by atoms with Crippen molar-refractivity contribution in [2.45, 2.75) is 19.1 Å². The third-order valence-electron chi connectivity index (χ3n) is 4.19. The molecule has 25 heavy (non-hydrogen) atoms. The predicted molar refractivity (Wildman–Crippen MR) is 90.4 cm³/mol. The molecule has 0 amide bonds. The highest BCUT2D eigenvalue weighted by Gasteiger charge is 2.25. The van der Waals surface area contributed by atoms with Crippen molar-refractivity contribution in [2.24, 2.45) is 0 Å². The van der Waals surface area contributed by atoms with E-state index < -0.39 is 0 Å². The summed E-state index contributed by atoms with van der Waals surface area (Å²) in [7, 11) is 0. The molecule has 6 heteroatoms. The van der Waals surface area contributed by atoms with Crippen molar-refractivity contribution in [1.29, 1.82) is 0 Å². The summed E-state index contributed by atoms with van der Waals surface area (Å²) >= 11 is 0. The average molecular weight is 339 g/mol. The van der Waals surface area contributed by atoms with E-state index >= 15 is 0 Å². The fourth-order valence-electron chi connectivity index (χ4n) is 3.00. The van der Waals surface area contributed by atoms with Gasteiger partial charge in [-0.1, -0.05) is 12.1 Å². The van der Waals surface area contributed by atoms with E-state index in [-0.39, 0.29) is 11.9 Å². The summed E-state index contributed by atoms with van der Waals surface area (Å²) in [6, 6.07) is 10.1. The van der Waals surface area contributed by atoms with Gasteiger partial charge < -0.3 is 9.15 Å². The lowest BCUT2D eigenvalue weighted by Gasteiger charge is -2.15. The summed E-state index contributed by atoms with van der Waals surface area (Å²) < 4.78 is 25.0. The highest BCUT2D eigenvalue weighted by Crippen LogP contribution is 2.23. The van der Waals surface area contributed by atoms with Crippen molar-refractivity contribution in [3.63, 3.8) is 0 Å². The highest BCUT2D eigenvalue weighted by molar-refractivity contribution is 5.56. The van der Waals surface area contributed by atoms with Crippen molar-refractivity contribution >= 4 is 0 Å². The Hall–Kier alpha value is -2.73. The maximum atomic E-state index is 13.3. The van der Waals surface area contributed by atoms with E-state index in [9.17, 15) is 4.39 Å². The average Bonchev–Trinajstić information content (AvgIpc) is 3.26. The Kier molecular flexibility index (Phi) is 4.43. The monoisotopic (exact) mass is 339 g/mol. The fraction of sp³-hybridized carbons (Fsp3) is 0.263. The largest absolute Gasteiger partial charge is 0.487 e. The Morgan fingerprint density at radius 2 is 2.20 bits per heavy atom. The van der Waals surface area contributed by atoms with Crippen LogP contribution < -0.4 is 4.74 Å². The van der Waals surface area contributed by atoms with Gasteiger partial charge in [-0.25, -0.2) is 9.37 Å². The smallest absolute Gasteiger partial charge is 0.209 e. The first kappa shape index (κ1) is 15.8. The first-order valence-electron chi connectivity index (χ1n) is 8.26. The molecule has 5 nitrogen and oxygen atoms in total. The molecule has 0 N–H and O–H groups in total. The second-order valence-electron chi connectivity index (χ2n) is 6.08. The molecule has 1 atom stereocenters. The van der Waals surface area contributed by atoms with Gasteiger partial charge in [0.15, 0.2) is 5.76 Å². The summed E-state index contributed by atoms with van der Waals surface area (Å²) in [4.78, 5) is 10.6. The Morgan fingerprint density at radius 1 is 1.24 bits per heavy atom. The van der Waals surface area contributed by atoms with Gasteiger partial charge in [0, 0.05) is 24.8 Å². The summed E-state index contributed by atoms with van der Waals surface area (Å²) in [5, 5.41) is 0. The molecule has 128 valence electrons. The molecule has 4 rings (SSSR count). The molecule has 1 aliphatic rings. The van der Waals surface area contributed by atoms with Gasteiger partial charge in [0.05, 0.1) is 18.9 Å². The summed E-state index contributed by atoms with van der Waals surface area (Å²) in [5.74, 6) is 1.71. The first-order valence-corrected chi connectivity index (χ1v) is 8.26. The lowest BCUT2D eigenvalue weighted by molar-refractivity contribution is 0.193. The van der Waals surface area contributed by atoms with Crippen LogP contribution in [0.1, 0.15) is 12.3 Å². The number of nitrogens with zero attached hydrogens (tertiary/aromatic N) is 3. The molecule has 1 aliphatic heterocycles. The van der Waals surface area contributed by atoms with Crippen LogP contribution in [0.25, 0.3) is 11.3 Å². The van der Waals surface area contributed by atoms with Crippen LogP contribution in [-0.4, -0.2) is 34.1 Å². The Morgan fingerprint density at radius 3 is 3.04 bits per heavy atom. The zero-order valence-electron chi connectivity index (χ0n) is 13.6. The Bertz CT molecular complexity index is 837. The van der Waals surface area contributed by atoms with Crippen LogP contribution in [0.2, 0.25) is 0 Å². The summed E-state index contributed by atoms with van der Waals surface area (Å²) in [6.45, 7) is 2.34. The quantitative estimate of drug-likeness (QED) is 0.712. The van der Waals surface area contributed by atoms with Crippen LogP contribution in [-0.2, 0) is 6.54 Å². The van der Waals surface area contributed by atoms with E-state index in [1.165, 1.54) is 12.1 Å². The van der Waals surface area contributed by atoms with Crippen molar-refractivity contribution in [1.82, 2.24) is 14.9 Å².